The minimum atomic E-state index is -4.55. The molecule has 5 rings (SSSR count). The number of aliphatic hydroxyl groups excluding tert-OH is 1. The molecule has 3 heterocycles. The Bertz CT molecular complexity index is 1180. The first kappa shape index (κ1) is 23.4. The number of pyridine rings is 1. The lowest BCUT2D eigenvalue weighted by Gasteiger charge is -2.33. The molecule has 0 saturated heterocycles. The summed E-state index contributed by atoms with van der Waals surface area (Å²) in [6, 6.07) is 7.15. The second-order valence-corrected chi connectivity index (χ2v) is 9.41. The molecule has 11 heteroatoms. The molecule has 3 atom stereocenters. The number of nitrogens with one attached hydrogen (secondary N) is 2. The van der Waals surface area contributed by atoms with Crippen molar-refractivity contribution in [2.75, 3.05) is 23.9 Å². The van der Waals surface area contributed by atoms with E-state index in [0.717, 1.165) is 23.9 Å². The number of carbonyl (C=O) groups excluding carboxylic acids is 1. The summed E-state index contributed by atoms with van der Waals surface area (Å²) in [5.41, 5.74) is 3.01. The highest BCUT2D eigenvalue weighted by atomic mass is 19.4. The van der Waals surface area contributed by atoms with Crippen molar-refractivity contribution in [3.63, 3.8) is 0 Å². The van der Waals surface area contributed by atoms with Crippen LogP contribution in [0.4, 0.5) is 24.8 Å². The van der Waals surface area contributed by atoms with E-state index in [2.05, 4.69) is 20.8 Å². The van der Waals surface area contributed by atoms with Gasteiger partial charge >= 0.3 is 6.18 Å². The molecule has 8 nitrogen and oxygen atoms in total. The van der Waals surface area contributed by atoms with E-state index < -0.39 is 23.8 Å². The quantitative estimate of drug-likeness (QED) is 0.577. The summed E-state index contributed by atoms with van der Waals surface area (Å²) < 4.78 is 40.8. The van der Waals surface area contributed by atoms with Gasteiger partial charge in [0.1, 0.15) is 24.1 Å². The number of benzene rings is 1. The molecule has 0 radical (unpaired) electrons. The number of hydrogen-bond donors (Lipinski definition) is 3. The number of alkyl halides is 3. The maximum Gasteiger partial charge on any atom is 0.416 e. The van der Waals surface area contributed by atoms with E-state index in [1.54, 1.807) is 6.07 Å². The van der Waals surface area contributed by atoms with Gasteiger partial charge in [-0.15, -0.1) is 0 Å². The Labute approximate surface area is 200 Å². The van der Waals surface area contributed by atoms with E-state index in [4.69, 9.17) is 0 Å². The monoisotopic (exact) mass is 488 g/mol. The van der Waals surface area contributed by atoms with Crippen molar-refractivity contribution in [1.82, 2.24) is 15.3 Å². The van der Waals surface area contributed by atoms with E-state index in [1.165, 1.54) is 17.0 Å². The molecule has 3 N–H and O–H groups in total. The van der Waals surface area contributed by atoms with Crippen LogP contribution >= 0.6 is 0 Å². The number of rotatable bonds is 6. The Morgan fingerprint density at radius 3 is 2.71 bits per heavy atom. The van der Waals surface area contributed by atoms with Gasteiger partial charge in [0.25, 0.3) is 5.91 Å². The lowest BCUT2D eigenvalue weighted by Crippen LogP contribution is -2.43. The first-order valence-corrected chi connectivity index (χ1v) is 11.6. The summed E-state index contributed by atoms with van der Waals surface area (Å²) in [5.74, 6) is 1.13. The highest BCUT2D eigenvalue weighted by Crippen LogP contribution is 2.39. The SMILES string of the molecule is C[C@H](CC1=NNCN1C)c1cc(N[C@H]2CC[C@H]2O)nc(N2Cc3c(cccc3C(F)(F)F)C2=O)c1. The Balaban J connectivity index is 1.49. The van der Waals surface area contributed by atoms with Crippen molar-refractivity contribution < 1.29 is 23.1 Å². The van der Waals surface area contributed by atoms with E-state index in [9.17, 15) is 23.1 Å². The van der Waals surface area contributed by atoms with E-state index in [0.29, 0.717) is 25.3 Å². The Hall–Kier alpha value is -3.34. The summed E-state index contributed by atoms with van der Waals surface area (Å²) in [5, 5.41) is 17.6. The molecule has 1 fully saturated rings. The molecule has 0 bridgehead atoms. The fraction of sp³-hybridized carbons (Fsp3) is 0.458. The summed E-state index contributed by atoms with van der Waals surface area (Å²) >= 11 is 0. The van der Waals surface area contributed by atoms with Crippen LogP contribution in [0.5, 0.6) is 0 Å². The van der Waals surface area contributed by atoms with Crippen LogP contribution < -0.4 is 15.6 Å². The zero-order valence-electron chi connectivity index (χ0n) is 19.4. The number of hydrazone groups is 1. The molecule has 1 saturated carbocycles. The fourth-order valence-electron chi connectivity index (χ4n) is 4.66. The Kier molecular flexibility index (Phi) is 5.82. The second kappa shape index (κ2) is 8.71. The predicted molar refractivity (Wildman–Crippen MR) is 125 cm³/mol. The van der Waals surface area contributed by atoms with Gasteiger partial charge in [-0.25, -0.2) is 4.98 Å². The van der Waals surface area contributed by atoms with Crippen LogP contribution in [0.25, 0.3) is 0 Å². The minimum absolute atomic E-state index is 0.00414. The third kappa shape index (κ3) is 4.40. The maximum absolute atomic E-state index is 13.6. The number of fused-ring (bicyclic) bond motifs is 1. The van der Waals surface area contributed by atoms with Crippen LogP contribution in [0.1, 0.15) is 59.2 Å². The van der Waals surface area contributed by atoms with Gasteiger partial charge in [0, 0.05) is 19.0 Å². The lowest BCUT2D eigenvalue weighted by atomic mass is 9.89. The number of amides is 1. The maximum atomic E-state index is 13.6. The van der Waals surface area contributed by atoms with Crippen LogP contribution in [-0.2, 0) is 12.7 Å². The molecule has 2 aromatic rings. The molecular weight excluding hydrogens is 461 g/mol. The number of carbonyl (C=O) groups is 1. The molecule has 0 spiro atoms. The van der Waals surface area contributed by atoms with Crippen molar-refractivity contribution in [3.05, 3.63) is 52.6 Å². The van der Waals surface area contributed by atoms with Gasteiger partial charge in [-0.05, 0) is 54.2 Å². The average molecular weight is 489 g/mol. The summed E-state index contributed by atoms with van der Waals surface area (Å²) in [4.78, 5) is 21.0. The van der Waals surface area contributed by atoms with Gasteiger partial charge in [-0.3, -0.25) is 15.1 Å². The fourth-order valence-corrected chi connectivity index (χ4v) is 4.66. The van der Waals surface area contributed by atoms with Gasteiger partial charge < -0.3 is 15.3 Å². The highest BCUT2D eigenvalue weighted by molar-refractivity contribution is 6.10. The van der Waals surface area contributed by atoms with Gasteiger partial charge in [-0.1, -0.05) is 13.0 Å². The lowest BCUT2D eigenvalue weighted by molar-refractivity contribution is -0.138. The molecule has 186 valence electrons. The van der Waals surface area contributed by atoms with Crippen molar-refractivity contribution >= 4 is 23.4 Å². The zero-order chi connectivity index (χ0) is 24.9. The number of anilines is 2. The molecule has 2 aliphatic heterocycles. The first-order valence-electron chi connectivity index (χ1n) is 11.6. The molecule has 35 heavy (non-hydrogen) atoms. The normalized spacial score (nSPS) is 22.5. The first-order chi connectivity index (χ1) is 16.6. The average Bonchev–Trinajstić information content (AvgIpc) is 3.38. The number of nitrogens with zero attached hydrogens (tertiary/aromatic N) is 4. The van der Waals surface area contributed by atoms with Crippen LogP contribution in [0.2, 0.25) is 0 Å². The molecule has 1 amide bonds. The van der Waals surface area contributed by atoms with Crippen LogP contribution in [0.15, 0.2) is 35.4 Å². The van der Waals surface area contributed by atoms with Crippen molar-refractivity contribution in [2.24, 2.45) is 5.10 Å². The molecule has 1 aromatic heterocycles. The number of halogens is 3. The number of aromatic nitrogens is 1. The standard InChI is InChI=1S/C24H27F3N6O2/c1-13(8-22-31-28-12-32(22)2)14-9-20(29-18-6-7-19(18)34)30-21(10-14)33-11-16-15(23(33)35)4-3-5-17(16)24(25,26)27/h3-5,9-10,13,18-19,28,34H,6-8,11-12H2,1-2H3,(H,29,30)/t13-,18+,19-/m1/s1. The van der Waals surface area contributed by atoms with Gasteiger partial charge in [0.2, 0.25) is 0 Å². The second-order valence-electron chi connectivity index (χ2n) is 9.41. The number of aliphatic hydroxyl groups is 1. The van der Waals surface area contributed by atoms with Gasteiger partial charge in [0.05, 0.1) is 24.3 Å². The Morgan fingerprint density at radius 1 is 1.29 bits per heavy atom. The summed E-state index contributed by atoms with van der Waals surface area (Å²) in [7, 11) is 1.94. The third-order valence-electron chi connectivity index (χ3n) is 6.97. The van der Waals surface area contributed by atoms with Crippen molar-refractivity contribution in [1.29, 1.82) is 0 Å². The minimum Gasteiger partial charge on any atom is -0.391 e. The third-order valence-corrected chi connectivity index (χ3v) is 6.97. The topological polar surface area (TPSA) is 93.1 Å². The highest BCUT2D eigenvalue weighted by Gasteiger charge is 2.40. The number of hydrogen-bond acceptors (Lipinski definition) is 7. The summed E-state index contributed by atoms with van der Waals surface area (Å²) in [6.45, 7) is 2.44. The van der Waals surface area contributed by atoms with Crippen molar-refractivity contribution in [2.45, 2.75) is 57.0 Å². The summed E-state index contributed by atoms with van der Waals surface area (Å²) in [6.07, 6.45) is -2.93. The largest absolute Gasteiger partial charge is 0.416 e. The van der Waals surface area contributed by atoms with E-state index >= 15 is 0 Å². The predicted octanol–water partition coefficient (Wildman–Crippen LogP) is 3.50. The molecule has 1 aliphatic carbocycles. The van der Waals surface area contributed by atoms with E-state index in [1.807, 2.05) is 24.9 Å². The van der Waals surface area contributed by atoms with Crippen LogP contribution in [0, 0.1) is 0 Å². The molecule has 1 aromatic carbocycles. The van der Waals surface area contributed by atoms with Crippen molar-refractivity contribution in [3.8, 4) is 0 Å². The molecular formula is C24H27F3N6O2. The number of amidine groups is 1. The smallest absolute Gasteiger partial charge is 0.391 e. The molecule has 3 aliphatic rings. The zero-order valence-corrected chi connectivity index (χ0v) is 19.4. The van der Waals surface area contributed by atoms with E-state index in [-0.39, 0.29) is 35.4 Å². The van der Waals surface area contributed by atoms with Gasteiger partial charge in [-0.2, -0.15) is 18.3 Å². The molecule has 0 unspecified atom stereocenters. The van der Waals surface area contributed by atoms with Crippen LogP contribution in [-0.4, -0.2) is 52.6 Å². The van der Waals surface area contributed by atoms with Gasteiger partial charge in [0.15, 0.2) is 0 Å². The van der Waals surface area contributed by atoms with Crippen LogP contribution in [0.3, 0.4) is 0 Å². The Morgan fingerprint density at radius 2 is 2.09 bits per heavy atom.